The lowest BCUT2D eigenvalue weighted by atomic mass is 9.87. The third-order valence-electron chi connectivity index (χ3n) is 6.13. The third-order valence-corrected chi connectivity index (χ3v) is 9.23. The van der Waals surface area contributed by atoms with E-state index < -0.39 is 78.6 Å². The van der Waals surface area contributed by atoms with Crippen LogP contribution in [0.3, 0.4) is 0 Å². The maximum absolute atomic E-state index is 12.5. The maximum atomic E-state index is 12.5. The number of rotatable bonds is 15. The molecule has 2 aromatic rings. The normalized spacial score (nSPS) is 24.9. The van der Waals surface area contributed by atoms with Gasteiger partial charge in [-0.2, -0.15) is 4.31 Å². The van der Waals surface area contributed by atoms with Crippen molar-refractivity contribution in [3.63, 3.8) is 0 Å². The highest BCUT2D eigenvalue weighted by Crippen LogP contribution is 2.61. The molecule has 1 aliphatic heterocycles. The Hall–Kier alpha value is -1.73. The van der Waals surface area contributed by atoms with E-state index in [1.165, 1.54) is 31.1 Å². The number of carbonyl (C=O) groups excluding carboxylic acids is 1. The minimum Gasteiger partial charge on any atom is -0.386 e. The van der Waals surface area contributed by atoms with Crippen LogP contribution >= 0.6 is 23.5 Å². The quantitative estimate of drug-likeness (QED) is 0.122. The lowest BCUT2D eigenvalue weighted by Gasteiger charge is -2.30. The van der Waals surface area contributed by atoms with Gasteiger partial charge in [-0.25, -0.2) is 28.6 Å². The Kier molecular flexibility index (Phi) is 11.4. The number of aromatic nitrogens is 4. The molecule has 20 nitrogen and oxygen atoms in total. The van der Waals surface area contributed by atoms with Crippen molar-refractivity contribution < 1.29 is 70.9 Å². The van der Waals surface area contributed by atoms with Crippen molar-refractivity contribution in [1.29, 1.82) is 0 Å². The molecule has 1 fully saturated rings. The van der Waals surface area contributed by atoms with Gasteiger partial charge in [-0.1, -0.05) is 20.8 Å². The molecule has 3 heterocycles. The summed E-state index contributed by atoms with van der Waals surface area (Å²) in [6, 6.07) is 0. The summed E-state index contributed by atoms with van der Waals surface area (Å²) >= 11 is 0. The Morgan fingerprint density at radius 2 is 1.79 bits per heavy atom. The Morgan fingerprint density at radius 3 is 2.42 bits per heavy atom. The van der Waals surface area contributed by atoms with Crippen LogP contribution in [-0.2, 0) is 41.1 Å². The lowest BCUT2D eigenvalue weighted by molar-refractivity contribution is -0.136. The second kappa shape index (κ2) is 13.7. The summed E-state index contributed by atoms with van der Waals surface area (Å²) < 4.78 is 61.7. The number of nitrogens with zero attached hydrogens (tertiary/aromatic N) is 4. The minimum atomic E-state index is -5.46. The van der Waals surface area contributed by atoms with Crippen molar-refractivity contribution in [2.24, 2.45) is 5.41 Å². The van der Waals surface area contributed by atoms with Crippen molar-refractivity contribution in [1.82, 2.24) is 24.8 Å². The Bertz CT molecular complexity index is 1430. The van der Waals surface area contributed by atoms with Gasteiger partial charge in [0.1, 0.15) is 36.3 Å². The molecule has 0 aromatic carbocycles. The highest BCUT2D eigenvalue weighted by molar-refractivity contribution is 7.61. The van der Waals surface area contributed by atoms with Gasteiger partial charge < -0.3 is 39.8 Å². The molecule has 0 saturated carbocycles. The molecule has 43 heavy (non-hydrogen) atoms. The number of imidazole rings is 1. The molecule has 23 heteroatoms. The molecular formula is C20H34N5O15P3. The van der Waals surface area contributed by atoms with Crippen molar-refractivity contribution >= 4 is 40.5 Å². The molecule has 1 amide bonds. The number of phosphoric acid groups is 3. The van der Waals surface area contributed by atoms with Gasteiger partial charge in [0.2, 0.25) is 5.91 Å². The molecule has 0 bridgehead atoms. The van der Waals surface area contributed by atoms with E-state index >= 15 is 0 Å². The zero-order chi connectivity index (χ0) is 32.4. The number of aliphatic hydroxyl groups excluding tert-OH is 2. The largest absolute Gasteiger partial charge is 0.481 e. The molecule has 1 saturated heterocycles. The van der Waals surface area contributed by atoms with Crippen LogP contribution in [0.2, 0.25) is 0 Å². The fourth-order valence-corrected chi connectivity index (χ4v) is 6.73. The van der Waals surface area contributed by atoms with Crippen LogP contribution in [0.25, 0.3) is 11.2 Å². The second-order valence-corrected chi connectivity index (χ2v) is 14.4. The third kappa shape index (κ3) is 9.39. The zero-order valence-electron chi connectivity index (χ0n) is 23.4. The van der Waals surface area contributed by atoms with Gasteiger partial charge in [0.05, 0.1) is 25.2 Å². The number of hydrogen-bond donors (Lipinski definition) is 7. The molecule has 0 aliphatic carbocycles. The summed E-state index contributed by atoms with van der Waals surface area (Å²) in [7, 11) is -16.1. The number of amides is 1. The van der Waals surface area contributed by atoms with Crippen molar-refractivity contribution in [3.05, 3.63) is 18.3 Å². The van der Waals surface area contributed by atoms with Gasteiger partial charge >= 0.3 is 23.5 Å². The van der Waals surface area contributed by atoms with E-state index in [1.807, 2.05) is 0 Å². The number of fused-ring (bicyclic) bond motifs is 1. The average molecular weight is 677 g/mol. The molecule has 7 N–H and O–H groups in total. The number of carbonyl (C=O) groups is 1. The Labute approximate surface area is 244 Å². The zero-order valence-corrected chi connectivity index (χ0v) is 26.0. The smallest absolute Gasteiger partial charge is 0.386 e. The first-order chi connectivity index (χ1) is 19.8. The summed E-state index contributed by atoms with van der Waals surface area (Å²) in [5, 5.41) is 23.5. The van der Waals surface area contributed by atoms with Gasteiger partial charge in [-0.05, 0) is 13.3 Å². The standard InChI is InChI=1S/C20H34N5O15P3/c1-5-6-21-18(28)16(27)20(3,4)8-37-43(34,35)40-42(32,33)36-7-12-15(39-41(29,30)31)14(26)19(38-12)25-10-24-13-11(2)22-9-23-17(13)25/h9-10,12,14-16,19,26-27H,5-8H2,1-4H3,(H,21,28)(H,32,33)(H,34,35)(H2,29,30,31). The van der Waals surface area contributed by atoms with E-state index in [-0.39, 0.29) is 12.2 Å². The van der Waals surface area contributed by atoms with E-state index in [1.54, 1.807) is 13.8 Å². The monoisotopic (exact) mass is 677 g/mol. The molecule has 7 unspecified atom stereocenters. The molecule has 1 aliphatic rings. The number of phosphoric ester groups is 3. The highest BCUT2D eigenvalue weighted by atomic mass is 31.3. The first kappa shape index (κ1) is 35.7. The molecule has 3 rings (SSSR count). The van der Waals surface area contributed by atoms with Crippen LogP contribution in [0.4, 0.5) is 0 Å². The molecule has 0 radical (unpaired) electrons. The summed E-state index contributed by atoms with van der Waals surface area (Å²) in [4.78, 5) is 63.0. The Balaban J connectivity index is 1.69. The van der Waals surface area contributed by atoms with Gasteiger partial charge in [-0.15, -0.1) is 0 Å². The van der Waals surface area contributed by atoms with E-state index in [4.69, 9.17) is 13.8 Å². The van der Waals surface area contributed by atoms with E-state index in [9.17, 15) is 48.3 Å². The number of ether oxygens (including phenoxy) is 1. The van der Waals surface area contributed by atoms with Crippen LogP contribution in [0.5, 0.6) is 0 Å². The van der Waals surface area contributed by atoms with Crippen molar-refractivity contribution in [2.75, 3.05) is 19.8 Å². The fourth-order valence-electron chi connectivity index (χ4n) is 3.90. The van der Waals surface area contributed by atoms with Crippen LogP contribution in [0, 0.1) is 12.3 Å². The summed E-state index contributed by atoms with van der Waals surface area (Å²) in [5.41, 5.74) is -0.462. The van der Waals surface area contributed by atoms with E-state index in [0.717, 1.165) is 0 Å². The summed E-state index contributed by atoms with van der Waals surface area (Å²) in [5.74, 6) is -0.768. The van der Waals surface area contributed by atoms with Crippen LogP contribution in [0.15, 0.2) is 12.7 Å². The topological polar surface area (TPSA) is 291 Å². The second-order valence-electron chi connectivity index (χ2n) is 10.2. The minimum absolute atomic E-state index is 0.179. The molecule has 7 atom stereocenters. The van der Waals surface area contributed by atoms with E-state index in [2.05, 4.69) is 29.1 Å². The molecule has 0 spiro atoms. The van der Waals surface area contributed by atoms with Crippen molar-refractivity contribution in [3.8, 4) is 0 Å². The van der Waals surface area contributed by atoms with E-state index in [0.29, 0.717) is 17.6 Å². The maximum Gasteiger partial charge on any atom is 0.481 e. The average Bonchev–Trinajstić information content (AvgIpc) is 3.45. The van der Waals surface area contributed by atoms with Gasteiger partial charge in [-0.3, -0.25) is 22.9 Å². The number of aliphatic hydroxyl groups is 2. The predicted octanol–water partition coefficient (Wildman–Crippen LogP) is 0.0348. The Morgan fingerprint density at radius 1 is 1.14 bits per heavy atom. The van der Waals surface area contributed by atoms with Gasteiger partial charge in [0, 0.05) is 12.0 Å². The van der Waals surface area contributed by atoms with Gasteiger partial charge in [0.25, 0.3) is 0 Å². The molecule has 244 valence electrons. The van der Waals surface area contributed by atoms with Crippen LogP contribution in [0.1, 0.15) is 39.1 Å². The number of nitrogens with one attached hydrogen (secondary N) is 1. The highest BCUT2D eigenvalue weighted by Gasteiger charge is 2.50. The number of aryl methyl sites for hydroxylation is 1. The SMILES string of the molecule is CCCNC(=O)C(O)C(C)(C)COP(=O)(O)OP(=O)(O)OCC1OC(n2cnc3c(C)ncnc32)C(O)C1OP(=O)(O)O. The number of hydrogen-bond acceptors (Lipinski definition) is 14. The summed E-state index contributed by atoms with van der Waals surface area (Å²) in [6.45, 7) is 4.53. The van der Waals surface area contributed by atoms with Gasteiger partial charge in [0.15, 0.2) is 11.9 Å². The fraction of sp³-hybridized carbons (Fsp3) is 0.700. The molecule has 2 aromatic heterocycles. The first-order valence-corrected chi connectivity index (χ1v) is 17.1. The first-order valence-electron chi connectivity index (χ1n) is 12.6. The van der Waals surface area contributed by atoms with Crippen molar-refractivity contribution in [2.45, 2.75) is 64.8 Å². The van der Waals surface area contributed by atoms with Crippen LogP contribution < -0.4 is 5.32 Å². The molecular weight excluding hydrogens is 643 g/mol. The van der Waals surface area contributed by atoms with Crippen LogP contribution in [-0.4, -0.2) is 99.4 Å². The predicted molar refractivity (Wildman–Crippen MR) is 143 cm³/mol. The summed E-state index contributed by atoms with van der Waals surface area (Å²) in [6.07, 6.45) is -5.39. The lowest BCUT2D eigenvalue weighted by Crippen LogP contribution is -2.46.